The van der Waals surface area contributed by atoms with Crippen LogP contribution in [0.15, 0.2) is 54.7 Å². The van der Waals surface area contributed by atoms with E-state index in [9.17, 15) is 27.2 Å². The molecule has 0 radical (unpaired) electrons. The summed E-state index contributed by atoms with van der Waals surface area (Å²) in [7, 11) is 0. The molecule has 0 aliphatic rings. The molecule has 3 rings (SSSR count). The minimum Gasteiger partial charge on any atom is -0.477 e. The fourth-order valence-electron chi connectivity index (χ4n) is 3.28. The summed E-state index contributed by atoms with van der Waals surface area (Å²) in [5.74, 6) is -1.79. The van der Waals surface area contributed by atoms with E-state index < -0.39 is 29.8 Å². The lowest BCUT2D eigenvalue weighted by Gasteiger charge is -2.12. The number of nitrogens with zero attached hydrogens (tertiary/aromatic N) is 2. The second-order valence-electron chi connectivity index (χ2n) is 7.67. The first-order chi connectivity index (χ1) is 16.0. The van der Waals surface area contributed by atoms with Crippen LogP contribution in [0.2, 0.25) is 0 Å². The molecule has 0 aliphatic carbocycles. The van der Waals surface area contributed by atoms with Crippen molar-refractivity contribution in [3.05, 3.63) is 94.1 Å². The monoisotopic (exact) mass is 475 g/mol. The van der Waals surface area contributed by atoms with Crippen LogP contribution in [0, 0.1) is 6.92 Å². The summed E-state index contributed by atoms with van der Waals surface area (Å²) >= 11 is 0. The number of benzene rings is 1. The lowest BCUT2D eigenvalue weighted by Crippen LogP contribution is -2.24. The molecule has 6 nitrogen and oxygen atoms in total. The molecule has 2 N–H and O–H groups in total. The molecule has 34 heavy (non-hydrogen) atoms. The molecule has 1 amide bonds. The molecule has 1 aromatic carbocycles. The number of amides is 1. The molecule has 1 atom stereocenters. The van der Waals surface area contributed by atoms with Gasteiger partial charge in [-0.15, -0.1) is 0 Å². The second kappa shape index (κ2) is 10.4. The summed E-state index contributed by atoms with van der Waals surface area (Å²) in [6.07, 6.45) is -4.16. The van der Waals surface area contributed by atoms with E-state index in [0.717, 1.165) is 12.1 Å². The van der Waals surface area contributed by atoms with Gasteiger partial charge in [0.15, 0.2) is 0 Å². The molecule has 1 unspecified atom stereocenters. The number of carboxylic acid groups (broad SMARTS) is 1. The highest BCUT2D eigenvalue weighted by atomic mass is 19.4. The predicted molar refractivity (Wildman–Crippen MR) is 115 cm³/mol. The molecule has 10 heteroatoms. The standard InChI is InChI=1S/C24H21F4N3O3/c1-14-9-17(19(25)7-5-15-6-8-20(23(33)34)29-12-15)11-21(31-14)22(32)30-13-16-3-2-4-18(10-16)24(26,27)28/h2-4,6,8-12,19H,5,7,13H2,1H3,(H,30,32)(H,33,34). The first-order valence-electron chi connectivity index (χ1n) is 10.3. The van der Waals surface area contributed by atoms with Gasteiger partial charge in [0.25, 0.3) is 5.91 Å². The summed E-state index contributed by atoms with van der Waals surface area (Å²) in [6, 6.07) is 10.3. The van der Waals surface area contributed by atoms with E-state index in [2.05, 4.69) is 15.3 Å². The fourth-order valence-corrected chi connectivity index (χ4v) is 3.28. The third-order valence-electron chi connectivity index (χ3n) is 5.01. The van der Waals surface area contributed by atoms with Gasteiger partial charge in [0, 0.05) is 18.4 Å². The highest BCUT2D eigenvalue weighted by Gasteiger charge is 2.30. The number of carbonyl (C=O) groups excluding carboxylic acids is 1. The zero-order valence-electron chi connectivity index (χ0n) is 18.1. The number of hydrogen-bond donors (Lipinski definition) is 2. The first-order valence-corrected chi connectivity index (χ1v) is 10.3. The normalized spacial score (nSPS) is 12.3. The molecule has 2 heterocycles. The molecule has 0 aliphatic heterocycles. The summed E-state index contributed by atoms with van der Waals surface area (Å²) in [4.78, 5) is 31.3. The molecular formula is C24H21F4N3O3. The second-order valence-corrected chi connectivity index (χ2v) is 7.67. The molecule has 2 aromatic heterocycles. The van der Waals surface area contributed by atoms with Gasteiger partial charge in [-0.1, -0.05) is 18.2 Å². The Morgan fingerprint density at radius 3 is 2.47 bits per heavy atom. The molecular weight excluding hydrogens is 454 g/mol. The number of aryl methyl sites for hydroxylation is 2. The van der Waals surface area contributed by atoms with Gasteiger partial charge in [0.1, 0.15) is 17.6 Å². The van der Waals surface area contributed by atoms with Crippen LogP contribution in [0.25, 0.3) is 0 Å². The summed E-state index contributed by atoms with van der Waals surface area (Å²) in [5, 5.41) is 11.4. The highest BCUT2D eigenvalue weighted by molar-refractivity contribution is 5.92. The van der Waals surface area contributed by atoms with Gasteiger partial charge >= 0.3 is 12.1 Å². The molecule has 0 saturated heterocycles. The molecule has 0 spiro atoms. The lowest BCUT2D eigenvalue weighted by molar-refractivity contribution is -0.137. The molecule has 3 aromatic rings. The van der Waals surface area contributed by atoms with Gasteiger partial charge in [-0.25, -0.2) is 19.2 Å². The topological polar surface area (TPSA) is 92.2 Å². The number of hydrogen-bond acceptors (Lipinski definition) is 4. The largest absolute Gasteiger partial charge is 0.477 e. The zero-order valence-corrected chi connectivity index (χ0v) is 18.1. The number of carboxylic acids is 1. The molecule has 178 valence electrons. The van der Waals surface area contributed by atoms with Crippen molar-refractivity contribution >= 4 is 11.9 Å². The Balaban J connectivity index is 1.64. The minimum absolute atomic E-state index is 0.0443. The van der Waals surface area contributed by atoms with Crippen LogP contribution in [0.5, 0.6) is 0 Å². The minimum atomic E-state index is -4.49. The number of rotatable bonds is 8. The summed E-state index contributed by atoms with van der Waals surface area (Å²) < 4.78 is 53.4. The third kappa shape index (κ3) is 6.60. The van der Waals surface area contributed by atoms with Gasteiger partial charge in [-0.3, -0.25) is 4.79 Å². The fraction of sp³-hybridized carbons (Fsp3) is 0.250. The number of alkyl halides is 4. The number of aromatic carboxylic acids is 1. The van der Waals surface area contributed by atoms with E-state index in [1.54, 1.807) is 13.0 Å². The van der Waals surface area contributed by atoms with E-state index in [-0.39, 0.29) is 35.5 Å². The van der Waals surface area contributed by atoms with Crippen LogP contribution in [-0.2, 0) is 19.1 Å². The Morgan fingerprint density at radius 1 is 1.06 bits per heavy atom. The molecule has 0 saturated carbocycles. The Hall–Kier alpha value is -3.82. The van der Waals surface area contributed by atoms with Crippen LogP contribution in [0.1, 0.15) is 61.5 Å². The van der Waals surface area contributed by atoms with Crippen molar-refractivity contribution in [3.8, 4) is 0 Å². The van der Waals surface area contributed by atoms with Crippen molar-refractivity contribution in [2.45, 2.75) is 38.7 Å². The number of aromatic nitrogens is 2. The maximum Gasteiger partial charge on any atom is 0.416 e. The van der Waals surface area contributed by atoms with Gasteiger partial charge < -0.3 is 10.4 Å². The van der Waals surface area contributed by atoms with Crippen molar-refractivity contribution < 1.29 is 32.3 Å². The summed E-state index contributed by atoms with van der Waals surface area (Å²) in [5.41, 5.74) is 0.620. The Bertz CT molecular complexity index is 1180. The first kappa shape index (κ1) is 24.8. The Morgan fingerprint density at radius 2 is 1.82 bits per heavy atom. The van der Waals surface area contributed by atoms with Crippen LogP contribution >= 0.6 is 0 Å². The van der Waals surface area contributed by atoms with Crippen molar-refractivity contribution in [2.75, 3.05) is 0 Å². The molecule has 0 fully saturated rings. The van der Waals surface area contributed by atoms with E-state index in [1.807, 2.05) is 0 Å². The average Bonchev–Trinajstić information content (AvgIpc) is 2.80. The Kier molecular flexibility index (Phi) is 7.60. The van der Waals surface area contributed by atoms with E-state index in [0.29, 0.717) is 17.7 Å². The smallest absolute Gasteiger partial charge is 0.416 e. The molecule has 0 bridgehead atoms. The van der Waals surface area contributed by atoms with Gasteiger partial charge in [-0.2, -0.15) is 13.2 Å². The summed E-state index contributed by atoms with van der Waals surface area (Å²) in [6.45, 7) is 1.46. The van der Waals surface area contributed by atoms with Crippen molar-refractivity contribution in [1.82, 2.24) is 15.3 Å². The maximum atomic E-state index is 14.9. The number of pyridine rings is 2. The SMILES string of the molecule is Cc1cc(C(F)CCc2ccc(C(=O)O)nc2)cc(C(=O)NCc2cccc(C(F)(F)F)c2)n1. The van der Waals surface area contributed by atoms with Crippen LogP contribution in [0.4, 0.5) is 17.6 Å². The van der Waals surface area contributed by atoms with Crippen molar-refractivity contribution in [2.24, 2.45) is 0 Å². The van der Waals surface area contributed by atoms with E-state index in [1.165, 1.54) is 36.5 Å². The maximum absolute atomic E-state index is 14.9. The van der Waals surface area contributed by atoms with Gasteiger partial charge in [-0.05, 0) is 66.8 Å². The lowest BCUT2D eigenvalue weighted by atomic mass is 10.0. The van der Waals surface area contributed by atoms with Crippen molar-refractivity contribution in [1.29, 1.82) is 0 Å². The zero-order chi connectivity index (χ0) is 24.9. The van der Waals surface area contributed by atoms with Crippen LogP contribution < -0.4 is 5.32 Å². The Labute approximate surface area is 192 Å². The van der Waals surface area contributed by atoms with E-state index in [4.69, 9.17) is 5.11 Å². The highest BCUT2D eigenvalue weighted by Crippen LogP contribution is 2.29. The average molecular weight is 475 g/mol. The number of halogens is 4. The van der Waals surface area contributed by atoms with Crippen molar-refractivity contribution in [3.63, 3.8) is 0 Å². The number of carbonyl (C=O) groups is 2. The predicted octanol–water partition coefficient (Wildman–Crippen LogP) is 5.08. The third-order valence-corrected chi connectivity index (χ3v) is 5.01. The van der Waals surface area contributed by atoms with Crippen LogP contribution in [0.3, 0.4) is 0 Å². The van der Waals surface area contributed by atoms with Gasteiger partial charge in [0.05, 0.1) is 5.56 Å². The number of nitrogens with one attached hydrogen (secondary N) is 1. The van der Waals surface area contributed by atoms with Crippen LogP contribution in [-0.4, -0.2) is 27.0 Å². The van der Waals surface area contributed by atoms with Gasteiger partial charge in [0.2, 0.25) is 0 Å². The quantitative estimate of drug-likeness (QED) is 0.444. The van der Waals surface area contributed by atoms with E-state index >= 15 is 0 Å².